The lowest BCUT2D eigenvalue weighted by Crippen LogP contribution is -2.52. The summed E-state index contributed by atoms with van der Waals surface area (Å²) in [4.78, 5) is 29.1. The summed E-state index contributed by atoms with van der Waals surface area (Å²) < 4.78 is 0. The van der Waals surface area contributed by atoms with Crippen LogP contribution in [0.3, 0.4) is 0 Å². The van der Waals surface area contributed by atoms with Crippen LogP contribution in [0.25, 0.3) is 0 Å². The van der Waals surface area contributed by atoms with Crippen molar-refractivity contribution in [2.75, 3.05) is 0 Å². The Morgan fingerprint density at radius 3 is 2.17 bits per heavy atom. The summed E-state index contributed by atoms with van der Waals surface area (Å²) in [6, 6.07) is 22.9. The third kappa shape index (κ3) is 7.97. The zero-order chi connectivity index (χ0) is 25.4. The second kappa shape index (κ2) is 12.6. The second-order valence-electron chi connectivity index (χ2n) is 9.35. The van der Waals surface area contributed by atoms with Crippen LogP contribution in [0.4, 0.5) is 0 Å². The van der Waals surface area contributed by atoms with E-state index in [-0.39, 0.29) is 24.3 Å². The van der Waals surface area contributed by atoms with E-state index in [1.54, 1.807) is 4.90 Å². The van der Waals surface area contributed by atoms with Crippen LogP contribution in [0.5, 0.6) is 0 Å². The maximum Gasteiger partial charge on any atom is 0.243 e. The Hall–Kier alpha value is -3.11. The fourth-order valence-corrected chi connectivity index (χ4v) is 4.49. The topological polar surface area (TPSA) is 49.4 Å². The quantitative estimate of drug-likeness (QED) is 0.376. The van der Waals surface area contributed by atoms with E-state index in [9.17, 15) is 9.59 Å². The van der Waals surface area contributed by atoms with Crippen molar-refractivity contribution in [3.8, 4) is 0 Å². The molecule has 0 heterocycles. The lowest BCUT2D eigenvalue weighted by atomic mass is 10.00. The van der Waals surface area contributed by atoms with Crippen LogP contribution in [0.2, 0.25) is 5.02 Å². The van der Waals surface area contributed by atoms with Gasteiger partial charge in [-0.25, -0.2) is 0 Å². The van der Waals surface area contributed by atoms with E-state index in [0.29, 0.717) is 18.0 Å². The van der Waals surface area contributed by atoms with Crippen molar-refractivity contribution in [1.29, 1.82) is 0 Å². The van der Waals surface area contributed by atoms with Gasteiger partial charge in [-0.2, -0.15) is 0 Å². The summed E-state index contributed by atoms with van der Waals surface area (Å²) in [5.74, 6) is -0.228. The molecule has 35 heavy (non-hydrogen) atoms. The van der Waals surface area contributed by atoms with E-state index in [1.807, 2.05) is 94.4 Å². The Morgan fingerprint density at radius 2 is 1.54 bits per heavy atom. The normalized spacial score (nSPS) is 12.6. The van der Waals surface area contributed by atoms with Gasteiger partial charge in [-0.3, -0.25) is 9.59 Å². The van der Waals surface area contributed by atoms with Crippen molar-refractivity contribution in [3.63, 3.8) is 0 Å². The first-order valence-electron chi connectivity index (χ1n) is 12.2. The monoisotopic (exact) mass is 490 g/mol. The summed E-state index contributed by atoms with van der Waals surface area (Å²) in [5, 5.41) is 3.71. The van der Waals surface area contributed by atoms with Gasteiger partial charge in [-0.05, 0) is 56.0 Å². The highest BCUT2D eigenvalue weighted by Gasteiger charge is 2.31. The molecule has 184 valence electrons. The molecular weight excluding hydrogens is 456 g/mol. The predicted octanol–water partition coefficient (Wildman–Crippen LogP) is 6.05. The summed E-state index contributed by atoms with van der Waals surface area (Å²) in [7, 11) is 0. The molecule has 0 saturated heterocycles. The van der Waals surface area contributed by atoms with E-state index < -0.39 is 6.04 Å². The molecule has 2 amide bonds. The van der Waals surface area contributed by atoms with E-state index >= 15 is 0 Å². The van der Waals surface area contributed by atoms with Crippen LogP contribution in [0, 0.1) is 13.8 Å². The predicted molar refractivity (Wildman–Crippen MR) is 143 cm³/mol. The van der Waals surface area contributed by atoms with Crippen LogP contribution >= 0.6 is 11.6 Å². The smallest absolute Gasteiger partial charge is 0.243 e. The molecule has 0 aliphatic rings. The number of benzene rings is 3. The fourth-order valence-electron chi connectivity index (χ4n) is 4.27. The molecule has 0 saturated carbocycles. The van der Waals surface area contributed by atoms with E-state index in [4.69, 9.17) is 11.6 Å². The zero-order valence-corrected chi connectivity index (χ0v) is 21.8. The Kier molecular flexibility index (Phi) is 9.50. The number of aryl methyl sites for hydroxylation is 2. The average molecular weight is 491 g/mol. The third-order valence-corrected chi connectivity index (χ3v) is 6.39. The standard InChI is InChI=1S/C30H35ClN2O2/c1-5-23(4)32-30(35)28(18-24-10-7-6-8-11-24)33(20-25-12-9-13-27(31)17-25)29(34)19-26-15-21(2)14-22(3)16-26/h6-17,23,28H,5,18-20H2,1-4H3,(H,32,35). The first-order valence-corrected chi connectivity index (χ1v) is 12.6. The number of rotatable bonds is 10. The van der Waals surface area contributed by atoms with Crippen LogP contribution in [-0.2, 0) is 29.0 Å². The molecule has 0 fully saturated rings. The van der Waals surface area contributed by atoms with Gasteiger partial charge >= 0.3 is 0 Å². The van der Waals surface area contributed by atoms with Gasteiger partial charge in [0.05, 0.1) is 6.42 Å². The lowest BCUT2D eigenvalue weighted by Gasteiger charge is -2.32. The highest BCUT2D eigenvalue weighted by atomic mass is 35.5. The molecule has 0 spiro atoms. The number of hydrogen-bond acceptors (Lipinski definition) is 2. The molecule has 0 radical (unpaired) electrons. The summed E-state index contributed by atoms with van der Waals surface area (Å²) in [6.45, 7) is 8.38. The Bertz CT molecular complexity index is 1130. The molecule has 3 rings (SSSR count). The van der Waals surface area contributed by atoms with Crippen LogP contribution in [-0.4, -0.2) is 28.8 Å². The molecular formula is C30H35ClN2O2. The Labute approximate surface area is 214 Å². The molecule has 3 aromatic rings. The van der Waals surface area contributed by atoms with Gasteiger partial charge in [-0.1, -0.05) is 90.3 Å². The van der Waals surface area contributed by atoms with Crippen LogP contribution in [0.1, 0.15) is 48.1 Å². The van der Waals surface area contributed by atoms with Crippen LogP contribution < -0.4 is 5.32 Å². The molecule has 1 N–H and O–H groups in total. The first-order chi connectivity index (χ1) is 16.7. The Balaban J connectivity index is 1.99. The van der Waals surface area contributed by atoms with Gasteiger partial charge in [0.15, 0.2) is 0 Å². The molecule has 2 atom stereocenters. The van der Waals surface area contributed by atoms with E-state index in [1.165, 1.54) is 0 Å². The zero-order valence-electron chi connectivity index (χ0n) is 21.1. The maximum absolute atomic E-state index is 13.8. The number of halogens is 1. The minimum Gasteiger partial charge on any atom is -0.352 e. The molecule has 0 aliphatic heterocycles. The fraction of sp³-hybridized carbons (Fsp3) is 0.333. The largest absolute Gasteiger partial charge is 0.352 e. The molecule has 0 bridgehead atoms. The highest BCUT2D eigenvalue weighted by molar-refractivity contribution is 6.30. The minimum atomic E-state index is -0.649. The summed E-state index contributed by atoms with van der Waals surface area (Å²) >= 11 is 6.25. The SMILES string of the molecule is CCC(C)NC(=O)C(Cc1ccccc1)N(Cc1cccc(Cl)c1)C(=O)Cc1cc(C)cc(C)c1. The third-order valence-electron chi connectivity index (χ3n) is 6.15. The van der Waals surface area contributed by atoms with Crippen molar-refractivity contribution in [2.24, 2.45) is 0 Å². The van der Waals surface area contributed by atoms with Gasteiger partial charge in [0.1, 0.15) is 6.04 Å². The highest BCUT2D eigenvalue weighted by Crippen LogP contribution is 2.20. The number of amides is 2. The van der Waals surface area contributed by atoms with Crippen molar-refractivity contribution >= 4 is 23.4 Å². The van der Waals surface area contributed by atoms with Gasteiger partial charge in [0.25, 0.3) is 0 Å². The molecule has 2 unspecified atom stereocenters. The summed E-state index contributed by atoms with van der Waals surface area (Å²) in [6.07, 6.45) is 1.47. The molecule has 5 heteroatoms. The van der Waals surface area contributed by atoms with Crippen molar-refractivity contribution in [1.82, 2.24) is 10.2 Å². The van der Waals surface area contributed by atoms with Crippen molar-refractivity contribution in [3.05, 3.63) is 106 Å². The minimum absolute atomic E-state index is 0.0170. The number of hydrogen-bond donors (Lipinski definition) is 1. The van der Waals surface area contributed by atoms with Crippen molar-refractivity contribution in [2.45, 2.75) is 65.6 Å². The number of carbonyl (C=O) groups excluding carboxylic acids is 2. The van der Waals surface area contributed by atoms with Gasteiger partial charge in [0.2, 0.25) is 11.8 Å². The van der Waals surface area contributed by atoms with E-state index in [2.05, 4.69) is 11.4 Å². The van der Waals surface area contributed by atoms with Crippen molar-refractivity contribution < 1.29 is 9.59 Å². The van der Waals surface area contributed by atoms with Gasteiger partial charge < -0.3 is 10.2 Å². The van der Waals surface area contributed by atoms with Gasteiger partial charge in [0, 0.05) is 24.0 Å². The van der Waals surface area contributed by atoms with Crippen LogP contribution in [0.15, 0.2) is 72.8 Å². The van der Waals surface area contributed by atoms with Gasteiger partial charge in [-0.15, -0.1) is 0 Å². The molecule has 0 aromatic heterocycles. The number of nitrogens with zero attached hydrogens (tertiary/aromatic N) is 1. The summed E-state index contributed by atoms with van der Waals surface area (Å²) in [5.41, 5.74) is 5.08. The number of carbonyl (C=O) groups is 2. The molecule has 4 nitrogen and oxygen atoms in total. The second-order valence-corrected chi connectivity index (χ2v) is 9.78. The van der Waals surface area contributed by atoms with E-state index in [0.717, 1.165) is 34.2 Å². The molecule has 3 aromatic carbocycles. The average Bonchev–Trinajstić information content (AvgIpc) is 2.81. The lowest BCUT2D eigenvalue weighted by molar-refractivity contribution is -0.141. The first kappa shape index (κ1) is 26.5. The maximum atomic E-state index is 13.8. The molecule has 0 aliphatic carbocycles. The number of nitrogens with one attached hydrogen (secondary N) is 1. The Morgan fingerprint density at radius 1 is 0.886 bits per heavy atom.